The van der Waals surface area contributed by atoms with Crippen LogP contribution in [0.25, 0.3) is 99.2 Å². The normalized spacial score (nSPS) is 13.1. The molecule has 0 radical (unpaired) electrons. The van der Waals surface area contributed by atoms with Crippen LogP contribution in [0, 0.1) is 0 Å². The fraction of sp³-hybridized carbons (Fsp3) is 0.0566. The van der Waals surface area contributed by atoms with E-state index in [0.29, 0.717) is 5.82 Å². The Morgan fingerprint density at radius 2 is 1.00 bits per heavy atom. The maximum atomic E-state index is 5.33. The molecule has 258 valence electrons. The van der Waals surface area contributed by atoms with Gasteiger partial charge in [0.2, 0.25) is 0 Å². The maximum Gasteiger partial charge on any atom is 0.160 e. The highest BCUT2D eigenvalue weighted by atomic mass is 14.9. The Morgan fingerprint density at radius 3 is 1.80 bits per heavy atom. The molecule has 0 amide bonds. The van der Waals surface area contributed by atoms with E-state index in [2.05, 4.69) is 190 Å². The first kappa shape index (κ1) is 31.6. The number of hydrogen-bond donors (Lipinski definition) is 0. The van der Waals surface area contributed by atoms with Crippen LogP contribution in [0.4, 0.5) is 0 Å². The molecular formula is C53H36N2. The lowest BCUT2D eigenvalue weighted by Gasteiger charge is -2.22. The molecule has 0 spiro atoms. The first-order valence-electron chi connectivity index (χ1n) is 19.1. The summed E-state index contributed by atoms with van der Waals surface area (Å²) in [4.78, 5) is 10.6. The monoisotopic (exact) mass is 700 g/mol. The highest BCUT2D eigenvalue weighted by molar-refractivity contribution is 6.19. The molecule has 9 aromatic carbocycles. The number of hydrogen-bond acceptors (Lipinski definition) is 2. The summed E-state index contributed by atoms with van der Waals surface area (Å²) < 4.78 is 0. The molecular weight excluding hydrogens is 665 g/mol. The minimum atomic E-state index is -0.0894. The lowest BCUT2D eigenvalue weighted by Crippen LogP contribution is -2.14. The topological polar surface area (TPSA) is 25.8 Å². The Morgan fingerprint density at radius 1 is 0.345 bits per heavy atom. The summed E-state index contributed by atoms with van der Waals surface area (Å²) in [6.45, 7) is 4.72. The molecule has 2 heteroatoms. The highest BCUT2D eigenvalue weighted by Crippen LogP contribution is 2.53. The zero-order valence-electron chi connectivity index (χ0n) is 30.7. The summed E-state index contributed by atoms with van der Waals surface area (Å²) in [5.74, 6) is 0.714. The van der Waals surface area contributed by atoms with Gasteiger partial charge < -0.3 is 0 Å². The molecule has 55 heavy (non-hydrogen) atoms. The van der Waals surface area contributed by atoms with Gasteiger partial charge in [0.15, 0.2) is 5.82 Å². The first-order chi connectivity index (χ1) is 27.0. The van der Waals surface area contributed by atoms with Crippen LogP contribution in [0.1, 0.15) is 25.0 Å². The van der Waals surface area contributed by atoms with Gasteiger partial charge in [-0.25, -0.2) is 9.97 Å². The van der Waals surface area contributed by atoms with Gasteiger partial charge in [-0.05, 0) is 101 Å². The Hall–Kier alpha value is -6.90. The van der Waals surface area contributed by atoms with E-state index in [1.165, 1.54) is 76.5 Å². The molecule has 0 N–H and O–H groups in total. The van der Waals surface area contributed by atoms with Crippen LogP contribution in [0.15, 0.2) is 182 Å². The molecule has 10 aromatic rings. The van der Waals surface area contributed by atoms with E-state index in [9.17, 15) is 0 Å². The largest absolute Gasteiger partial charge is 0.228 e. The Kier molecular flexibility index (Phi) is 6.93. The summed E-state index contributed by atoms with van der Waals surface area (Å²) in [6.07, 6.45) is 0. The molecule has 1 aromatic heterocycles. The van der Waals surface area contributed by atoms with E-state index >= 15 is 0 Å². The quantitative estimate of drug-likeness (QED) is 0.135. The molecule has 0 bridgehead atoms. The van der Waals surface area contributed by atoms with Crippen LogP contribution in [0.3, 0.4) is 0 Å². The van der Waals surface area contributed by atoms with Gasteiger partial charge in [-0.1, -0.05) is 172 Å². The van der Waals surface area contributed by atoms with E-state index in [1.54, 1.807) is 0 Å². The second-order valence-electron chi connectivity index (χ2n) is 15.4. The fourth-order valence-corrected chi connectivity index (χ4v) is 9.07. The van der Waals surface area contributed by atoms with Crippen molar-refractivity contribution >= 4 is 43.1 Å². The van der Waals surface area contributed by atoms with E-state index in [0.717, 1.165) is 28.1 Å². The van der Waals surface area contributed by atoms with E-state index in [1.807, 2.05) is 6.07 Å². The summed E-state index contributed by atoms with van der Waals surface area (Å²) in [6, 6.07) is 66.0. The molecule has 2 nitrogen and oxygen atoms in total. The second kappa shape index (κ2) is 12.1. The first-order valence-corrected chi connectivity index (χ1v) is 19.1. The van der Waals surface area contributed by atoms with Gasteiger partial charge in [0.1, 0.15) is 0 Å². The Labute approximate surface area is 320 Å². The number of benzene rings is 9. The average molecular weight is 701 g/mol. The Balaban J connectivity index is 1.09. The number of rotatable bonds is 4. The molecule has 11 rings (SSSR count). The zero-order valence-corrected chi connectivity index (χ0v) is 30.7. The molecule has 1 heterocycles. The minimum absolute atomic E-state index is 0.0894. The third-order valence-corrected chi connectivity index (χ3v) is 11.8. The van der Waals surface area contributed by atoms with Gasteiger partial charge in [-0.3, -0.25) is 0 Å². The molecule has 0 unspecified atom stereocenters. The molecule has 1 aliphatic carbocycles. The maximum absolute atomic E-state index is 5.33. The van der Waals surface area contributed by atoms with Gasteiger partial charge in [-0.2, -0.15) is 0 Å². The van der Waals surface area contributed by atoms with Crippen molar-refractivity contribution in [3.63, 3.8) is 0 Å². The van der Waals surface area contributed by atoms with Crippen LogP contribution in [0.2, 0.25) is 0 Å². The van der Waals surface area contributed by atoms with Crippen LogP contribution >= 0.6 is 0 Å². The van der Waals surface area contributed by atoms with Crippen LogP contribution < -0.4 is 0 Å². The summed E-state index contributed by atoms with van der Waals surface area (Å²) in [7, 11) is 0. The van der Waals surface area contributed by atoms with Crippen LogP contribution in [-0.4, -0.2) is 9.97 Å². The summed E-state index contributed by atoms with van der Waals surface area (Å²) in [5, 5.41) is 9.82. The van der Waals surface area contributed by atoms with Gasteiger partial charge in [0.05, 0.1) is 11.4 Å². The van der Waals surface area contributed by atoms with Crippen LogP contribution in [-0.2, 0) is 5.41 Å². The molecule has 0 saturated heterocycles. The van der Waals surface area contributed by atoms with Gasteiger partial charge in [0, 0.05) is 22.1 Å². The number of fused-ring (bicyclic) bond motifs is 8. The van der Waals surface area contributed by atoms with Crippen molar-refractivity contribution in [3.05, 3.63) is 193 Å². The highest BCUT2D eigenvalue weighted by Gasteiger charge is 2.37. The van der Waals surface area contributed by atoms with Crippen LogP contribution in [0.5, 0.6) is 0 Å². The third-order valence-electron chi connectivity index (χ3n) is 11.8. The van der Waals surface area contributed by atoms with Gasteiger partial charge >= 0.3 is 0 Å². The van der Waals surface area contributed by atoms with Crippen molar-refractivity contribution in [1.82, 2.24) is 9.97 Å². The standard InChI is InChI=1S/C53H36N2/c1-53(2)46-22-12-21-41(50(46)45-29-37-16-6-7-17-38(37)31-47(45)53)34-23-25-35(26-24-34)48-32-49(55-52(54-48)36-14-4-3-5-15-36)51-42-20-11-9-18-39(42)30-44-40-19-10-8-13-33(40)27-28-43(44)51/h3-32H,1-2H3. The predicted molar refractivity (Wildman–Crippen MR) is 231 cm³/mol. The zero-order chi connectivity index (χ0) is 36.7. The van der Waals surface area contributed by atoms with Crippen molar-refractivity contribution in [2.75, 3.05) is 0 Å². The molecule has 0 saturated carbocycles. The summed E-state index contributed by atoms with van der Waals surface area (Å²) in [5.41, 5.74) is 12.8. The SMILES string of the molecule is CC1(C)c2cc3ccccc3cc2-c2c(-c3ccc(-c4cc(-c5c6ccccc6cc6c5ccc5ccccc56)nc(-c5ccccc5)n4)cc3)cccc21. The molecule has 0 aliphatic heterocycles. The van der Waals surface area contributed by atoms with Crippen molar-refractivity contribution in [3.8, 4) is 56.2 Å². The number of aromatic nitrogens is 2. The van der Waals surface area contributed by atoms with Crippen molar-refractivity contribution in [2.24, 2.45) is 0 Å². The smallest absolute Gasteiger partial charge is 0.160 e. The molecule has 1 aliphatic rings. The van der Waals surface area contributed by atoms with Crippen molar-refractivity contribution in [2.45, 2.75) is 19.3 Å². The van der Waals surface area contributed by atoms with Gasteiger partial charge in [0.25, 0.3) is 0 Å². The predicted octanol–water partition coefficient (Wildman–Crippen LogP) is 14.1. The average Bonchev–Trinajstić information content (AvgIpc) is 3.47. The third kappa shape index (κ3) is 4.95. The summed E-state index contributed by atoms with van der Waals surface area (Å²) >= 11 is 0. The molecule has 0 fully saturated rings. The van der Waals surface area contributed by atoms with E-state index < -0.39 is 0 Å². The lowest BCUT2D eigenvalue weighted by atomic mass is 9.81. The van der Waals surface area contributed by atoms with Crippen molar-refractivity contribution < 1.29 is 0 Å². The fourth-order valence-electron chi connectivity index (χ4n) is 9.07. The van der Waals surface area contributed by atoms with Gasteiger partial charge in [-0.15, -0.1) is 0 Å². The number of nitrogens with zero attached hydrogens (tertiary/aromatic N) is 2. The minimum Gasteiger partial charge on any atom is -0.228 e. The van der Waals surface area contributed by atoms with Crippen molar-refractivity contribution in [1.29, 1.82) is 0 Å². The van der Waals surface area contributed by atoms with E-state index in [4.69, 9.17) is 9.97 Å². The molecule has 0 atom stereocenters. The second-order valence-corrected chi connectivity index (χ2v) is 15.4. The lowest BCUT2D eigenvalue weighted by molar-refractivity contribution is 0.661. The van der Waals surface area contributed by atoms with E-state index in [-0.39, 0.29) is 5.41 Å². The Bertz CT molecular complexity index is 3160.